The van der Waals surface area contributed by atoms with Crippen LogP contribution in [0.3, 0.4) is 0 Å². The van der Waals surface area contributed by atoms with Crippen LogP contribution in [0, 0.1) is 6.92 Å². The Balaban J connectivity index is 3.30. The lowest BCUT2D eigenvalue weighted by Crippen LogP contribution is -2.05. The first-order valence-corrected chi connectivity index (χ1v) is 5.02. The predicted molar refractivity (Wildman–Crippen MR) is 57.0 cm³/mol. The first kappa shape index (κ1) is 11.0. The molecule has 0 aromatic heterocycles. The number of rotatable bonds is 3. The van der Waals surface area contributed by atoms with Crippen molar-refractivity contribution in [3.63, 3.8) is 0 Å². The van der Waals surface area contributed by atoms with Crippen molar-refractivity contribution in [3.05, 3.63) is 27.7 Å². The van der Waals surface area contributed by atoms with Gasteiger partial charge >= 0.3 is 5.97 Å². The fraction of sp³-hybridized carbons (Fsp3) is 0.300. The van der Waals surface area contributed by atoms with E-state index in [2.05, 4.69) is 15.9 Å². The molecule has 1 aromatic carbocycles. The van der Waals surface area contributed by atoms with Crippen LogP contribution in [-0.4, -0.2) is 17.7 Å². The molecule has 1 rings (SSSR count). The first-order valence-electron chi connectivity index (χ1n) is 4.23. The van der Waals surface area contributed by atoms with Crippen molar-refractivity contribution in [1.29, 1.82) is 0 Å². The molecule has 0 saturated heterocycles. The third kappa shape index (κ3) is 2.07. The molecule has 1 aromatic rings. The first-order chi connectivity index (χ1) is 6.57. The van der Waals surface area contributed by atoms with Crippen molar-refractivity contribution in [3.8, 4) is 5.75 Å². The number of carboxylic acid groups (broad SMARTS) is 1. The maximum absolute atomic E-state index is 11.0. The SMILES string of the molecule is CCOc1ccc(Br)c(C)c1C(=O)O. The number of halogens is 1. The van der Waals surface area contributed by atoms with Crippen LogP contribution in [0.4, 0.5) is 0 Å². The van der Waals surface area contributed by atoms with Crippen LogP contribution in [0.1, 0.15) is 22.8 Å². The van der Waals surface area contributed by atoms with Gasteiger partial charge in [-0.3, -0.25) is 0 Å². The van der Waals surface area contributed by atoms with Gasteiger partial charge in [-0.1, -0.05) is 15.9 Å². The Bertz CT molecular complexity index is 361. The summed E-state index contributed by atoms with van der Waals surface area (Å²) in [5.74, 6) is -0.548. The summed E-state index contributed by atoms with van der Waals surface area (Å²) in [6.07, 6.45) is 0. The van der Waals surface area contributed by atoms with Gasteiger partial charge in [-0.25, -0.2) is 4.79 Å². The van der Waals surface area contributed by atoms with Crippen molar-refractivity contribution < 1.29 is 14.6 Å². The second-order valence-electron chi connectivity index (χ2n) is 2.78. The molecule has 0 atom stereocenters. The van der Waals surface area contributed by atoms with Crippen LogP contribution < -0.4 is 4.74 Å². The van der Waals surface area contributed by atoms with Crippen LogP contribution in [0.2, 0.25) is 0 Å². The highest BCUT2D eigenvalue weighted by molar-refractivity contribution is 9.10. The maximum Gasteiger partial charge on any atom is 0.339 e. The van der Waals surface area contributed by atoms with Gasteiger partial charge in [-0.15, -0.1) is 0 Å². The summed E-state index contributed by atoms with van der Waals surface area (Å²) < 4.78 is 6.01. The second-order valence-corrected chi connectivity index (χ2v) is 3.64. The van der Waals surface area contributed by atoms with Gasteiger partial charge in [-0.2, -0.15) is 0 Å². The molecule has 0 aliphatic rings. The topological polar surface area (TPSA) is 46.5 Å². The average molecular weight is 259 g/mol. The fourth-order valence-corrected chi connectivity index (χ4v) is 1.53. The van der Waals surface area contributed by atoms with Gasteiger partial charge in [0.1, 0.15) is 11.3 Å². The molecule has 0 heterocycles. The lowest BCUT2D eigenvalue weighted by atomic mass is 10.1. The predicted octanol–water partition coefficient (Wildman–Crippen LogP) is 2.85. The molecule has 0 spiro atoms. The lowest BCUT2D eigenvalue weighted by molar-refractivity contribution is 0.0691. The Kier molecular flexibility index (Phi) is 3.52. The Labute approximate surface area is 90.8 Å². The van der Waals surface area contributed by atoms with Crippen LogP contribution in [0.5, 0.6) is 5.75 Å². The van der Waals surface area contributed by atoms with Crippen molar-refractivity contribution in [2.45, 2.75) is 13.8 Å². The molecular weight excluding hydrogens is 248 g/mol. The molecule has 3 nitrogen and oxygen atoms in total. The summed E-state index contributed by atoms with van der Waals surface area (Å²) in [4.78, 5) is 11.0. The Morgan fingerprint density at radius 2 is 2.21 bits per heavy atom. The molecule has 0 aliphatic heterocycles. The molecule has 1 N–H and O–H groups in total. The van der Waals surface area contributed by atoms with E-state index in [-0.39, 0.29) is 5.56 Å². The van der Waals surface area contributed by atoms with Gasteiger partial charge in [-0.05, 0) is 31.5 Å². The van der Waals surface area contributed by atoms with E-state index in [1.807, 2.05) is 6.92 Å². The van der Waals surface area contributed by atoms with Gasteiger partial charge < -0.3 is 9.84 Å². The summed E-state index contributed by atoms with van der Waals surface area (Å²) >= 11 is 3.28. The highest BCUT2D eigenvalue weighted by Gasteiger charge is 2.16. The number of carbonyl (C=O) groups is 1. The Morgan fingerprint density at radius 1 is 1.57 bits per heavy atom. The van der Waals surface area contributed by atoms with E-state index >= 15 is 0 Å². The average Bonchev–Trinajstić information content (AvgIpc) is 2.11. The Morgan fingerprint density at radius 3 is 2.71 bits per heavy atom. The van der Waals surface area contributed by atoms with Gasteiger partial charge in [0.15, 0.2) is 0 Å². The summed E-state index contributed by atoms with van der Waals surface area (Å²) in [6.45, 7) is 4.03. The van der Waals surface area contributed by atoms with Crippen LogP contribution in [0.25, 0.3) is 0 Å². The highest BCUT2D eigenvalue weighted by atomic mass is 79.9. The Hall–Kier alpha value is -1.03. The van der Waals surface area contributed by atoms with Crippen molar-refractivity contribution >= 4 is 21.9 Å². The van der Waals surface area contributed by atoms with Crippen LogP contribution >= 0.6 is 15.9 Å². The van der Waals surface area contributed by atoms with Crippen molar-refractivity contribution in [1.82, 2.24) is 0 Å². The zero-order valence-electron chi connectivity index (χ0n) is 8.00. The number of hydrogen-bond acceptors (Lipinski definition) is 2. The molecule has 0 aliphatic carbocycles. The minimum atomic E-state index is -0.966. The van der Waals surface area contributed by atoms with E-state index in [4.69, 9.17) is 9.84 Å². The number of aromatic carboxylic acids is 1. The molecule has 76 valence electrons. The molecule has 0 fully saturated rings. The van der Waals surface area contributed by atoms with Crippen molar-refractivity contribution in [2.24, 2.45) is 0 Å². The molecule has 0 unspecified atom stereocenters. The number of benzene rings is 1. The second kappa shape index (κ2) is 4.46. The summed E-state index contributed by atoms with van der Waals surface area (Å²) in [7, 11) is 0. The molecule has 4 heteroatoms. The van der Waals surface area contributed by atoms with E-state index in [0.29, 0.717) is 17.9 Å². The quantitative estimate of drug-likeness (QED) is 0.907. The largest absolute Gasteiger partial charge is 0.493 e. The maximum atomic E-state index is 11.0. The zero-order valence-corrected chi connectivity index (χ0v) is 9.59. The lowest BCUT2D eigenvalue weighted by Gasteiger charge is -2.10. The molecule has 0 amide bonds. The van der Waals surface area contributed by atoms with E-state index in [9.17, 15) is 4.79 Å². The molecule has 0 bridgehead atoms. The summed E-state index contributed by atoms with van der Waals surface area (Å²) in [6, 6.07) is 3.44. The summed E-state index contributed by atoms with van der Waals surface area (Å²) in [5.41, 5.74) is 0.907. The molecule has 0 radical (unpaired) electrons. The van der Waals surface area contributed by atoms with Crippen LogP contribution in [0.15, 0.2) is 16.6 Å². The minimum absolute atomic E-state index is 0.223. The highest BCUT2D eigenvalue weighted by Crippen LogP contribution is 2.28. The zero-order chi connectivity index (χ0) is 10.7. The van der Waals surface area contributed by atoms with E-state index < -0.39 is 5.97 Å². The van der Waals surface area contributed by atoms with E-state index in [1.165, 1.54) is 0 Å². The number of ether oxygens (including phenoxy) is 1. The smallest absolute Gasteiger partial charge is 0.339 e. The molecular formula is C10H11BrO3. The van der Waals surface area contributed by atoms with Gasteiger partial charge in [0.2, 0.25) is 0 Å². The molecule has 14 heavy (non-hydrogen) atoms. The van der Waals surface area contributed by atoms with E-state index in [1.54, 1.807) is 19.1 Å². The van der Waals surface area contributed by atoms with Gasteiger partial charge in [0.05, 0.1) is 6.61 Å². The number of hydrogen-bond donors (Lipinski definition) is 1. The summed E-state index contributed by atoms with van der Waals surface area (Å²) in [5, 5.41) is 9.00. The number of carboxylic acids is 1. The third-order valence-electron chi connectivity index (χ3n) is 1.87. The monoisotopic (exact) mass is 258 g/mol. The standard InChI is InChI=1S/C10H11BrO3/c1-3-14-8-5-4-7(11)6(2)9(8)10(12)13/h4-5H,3H2,1-2H3,(H,12,13). The molecule has 0 saturated carbocycles. The van der Waals surface area contributed by atoms with Crippen LogP contribution in [-0.2, 0) is 0 Å². The van der Waals surface area contributed by atoms with E-state index in [0.717, 1.165) is 4.47 Å². The van der Waals surface area contributed by atoms with Gasteiger partial charge in [0.25, 0.3) is 0 Å². The fourth-order valence-electron chi connectivity index (χ4n) is 1.20. The third-order valence-corrected chi connectivity index (χ3v) is 2.73. The van der Waals surface area contributed by atoms with Gasteiger partial charge in [0, 0.05) is 4.47 Å². The normalized spacial score (nSPS) is 9.93. The van der Waals surface area contributed by atoms with Crippen molar-refractivity contribution in [2.75, 3.05) is 6.61 Å². The minimum Gasteiger partial charge on any atom is -0.493 e.